The van der Waals surface area contributed by atoms with Crippen molar-refractivity contribution in [2.75, 3.05) is 0 Å². The van der Waals surface area contributed by atoms with Crippen LogP contribution in [0.2, 0.25) is 0 Å². The number of fused-ring (bicyclic) bond motifs is 1. The first kappa shape index (κ1) is 35.1. The Labute approximate surface area is 258 Å². The highest BCUT2D eigenvalue weighted by molar-refractivity contribution is 7.10. The van der Waals surface area contributed by atoms with E-state index in [-0.39, 0.29) is 22.1 Å². The van der Waals surface area contributed by atoms with Crippen molar-refractivity contribution < 1.29 is 13.2 Å². The molecule has 5 aromatic rings. The van der Waals surface area contributed by atoms with E-state index in [1.807, 2.05) is 44.2 Å². The standard InChI is InChI=1S/C14H16.C8H11FO.C8H12O.C8H12S/c1-14(2,3)13-9-8-11-6-4-5-7-12(11)10-13;1-8(2,3)7-4-6(9)5-10-7;2*1-8(2,3)7-5-4-6-9-7/h4-10H,1-3H3;4-5H,1-3H3;2*4-6H,1-3H3. The van der Waals surface area contributed by atoms with Gasteiger partial charge < -0.3 is 8.83 Å². The maximum atomic E-state index is 12.4. The fraction of sp³-hybridized carbons (Fsp3) is 0.421. The van der Waals surface area contributed by atoms with Crippen molar-refractivity contribution in [2.24, 2.45) is 0 Å². The molecule has 2 nitrogen and oxygen atoms in total. The highest BCUT2D eigenvalue weighted by atomic mass is 32.1. The zero-order chi connectivity index (χ0) is 31.8. The summed E-state index contributed by atoms with van der Waals surface area (Å²) in [6, 6.07) is 24.8. The molecular weight excluding hydrogens is 539 g/mol. The topological polar surface area (TPSA) is 26.3 Å². The summed E-state index contributed by atoms with van der Waals surface area (Å²) < 4.78 is 22.5. The van der Waals surface area contributed by atoms with E-state index < -0.39 is 0 Å². The number of hydrogen-bond acceptors (Lipinski definition) is 3. The molecule has 4 heteroatoms. The summed E-state index contributed by atoms with van der Waals surface area (Å²) in [4.78, 5) is 1.46. The SMILES string of the molecule is CC(C)(C)c1cc(F)co1.CC(C)(C)c1ccc2ccccc2c1.CC(C)(C)c1ccco1.CC(C)(C)c1cccs1. The molecule has 0 unspecified atom stereocenters. The van der Waals surface area contributed by atoms with Crippen LogP contribution in [0, 0.1) is 5.82 Å². The van der Waals surface area contributed by atoms with Crippen molar-refractivity contribution in [1.82, 2.24) is 0 Å². The third kappa shape index (κ3) is 11.6. The monoisotopic (exact) mass is 590 g/mol. The number of halogens is 1. The van der Waals surface area contributed by atoms with Crippen LogP contribution in [0.25, 0.3) is 10.8 Å². The smallest absolute Gasteiger partial charge is 0.161 e. The Kier molecular flexibility index (Phi) is 12.0. The van der Waals surface area contributed by atoms with E-state index in [9.17, 15) is 4.39 Å². The molecule has 0 amide bonds. The first-order valence-electron chi connectivity index (χ1n) is 14.6. The van der Waals surface area contributed by atoms with Crippen LogP contribution in [0.4, 0.5) is 4.39 Å². The summed E-state index contributed by atoms with van der Waals surface area (Å²) >= 11 is 1.83. The fourth-order valence-electron chi connectivity index (χ4n) is 3.77. The summed E-state index contributed by atoms with van der Waals surface area (Å²) in [7, 11) is 0. The van der Waals surface area contributed by atoms with Crippen molar-refractivity contribution in [3.05, 3.63) is 118 Å². The maximum Gasteiger partial charge on any atom is 0.161 e. The molecule has 0 saturated heterocycles. The lowest BCUT2D eigenvalue weighted by atomic mass is 9.86. The van der Waals surface area contributed by atoms with Crippen LogP contribution in [0.5, 0.6) is 0 Å². The lowest BCUT2D eigenvalue weighted by Crippen LogP contribution is -2.10. The van der Waals surface area contributed by atoms with Crippen LogP contribution in [-0.4, -0.2) is 0 Å². The minimum absolute atomic E-state index is 0.0929. The number of furan rings is 2. The van der Waals surface area contributed by atoms with Crippen molar-refractivity contribution in [3.8, 4) is 0 Å². The van der Waals surface area contributed by atoms with Crippen molar-refractivity contribution in [1.29, 1.82) is 0 Å². The number of hydrogen-bond donors (Lipinski definition) is 0. The minimum Gasteiger partial charge on any atom is -0.469 e. The van der Waals surface area contributed by atoms with Gasteiger partial charge in [0.25, 0.3) is 0 Å². The lowest BCUT2D eigenvalue weighted by molar-refractivity contribution is 0.406. The third-order valence-corrected chi connectivity index (χ3v) is 7.74. The van der Waals surface area contributed by atoms with Crippen molar-refractivity contribution >= 4 is 22.1 Å². The van der Waals surface area contributed by atoms with Crippen LogP contribution in [0.3, 0.4) is 0 Å². The second-order valence-electron chi connectivity index (χ2n) is 14.6. The van der Waals surface area contributed by atoms with Gasteiger partial charge in [0.1, 0.15) is 17.8 Å². The van der Waals surface area contributed by atoms with Crippen molar-refractivity contribution in [3.63, 3.8) is 0 Å². The van der Waals surface area contributed by atoms with Crippen LogP contribution < -0.4 is 0 Å². The zero-order valence-corrected chi connectivity index (χ0v) is 28.6. The fourth-order valence-corrected chi connectivity index (χ4v) is 4.59. The van der Waals surface area contributed by atoms with Crippen LogP contribution in [0.1, 0.15) is 105 Å². The lowest BCUT2D eigenvalue weighted by Gasteiger charge is -2.19. The van der Waals surface area contributed by atoms with Gasteiger partial charge in [-0.1, -0.05) is 132 Å². The van der Waals surface area contributed by atoms with E-state index in [1.54, 1.807) is 6.26 Å². The van der Waals surface area contributed by atoms with E-state index in [0.717, 1.165) is 12.0 Å². The molecule has 3 aromatic heterocycles. The van der Waals surface area contributed by atoms with Gasteiger partial charge in [-0.2, -0.15) is 0 Å². The normalized spacial score (nSPS) is 11.9. The van der Waals surface area contributed by atoms with E-state index in [1.165, 1.54) is 27.3 Å². The summed E-state index contributed by atoms with van der Waals surface area (Å²) in [6.07, 6.45) is 2.83. The zero-order valence-electron chi connectivity index (χ0n) is 27.8. The molecule has 42 heavy (non-hydrogen) atoms. The Morgan fingerprint density at radius 1 is 0.548 bits per heavy atom. The maximum absolute atomic E-state index is 12.4. The second-order valence-corrected chi connectivity index (χ2v) is 15.6. The molecule has 5 rings (SSSR count). The number of rotatable bonds is 0. The summed E-state index contributed by atoms with van der Waals surface area (Å²) in [5.74, 6) is 1.43. The quantitative estimate of drug-likeness (QED) is 0.179. The largest absolute Gasteiger partial charge is 0.469 e. The van der Waals surface area contributed by atoms with Gasteiger partial charge >= 0.3 is 0 Å². The molecule has 2 aromatic carbocycles. The van der Waals surface area contributed by atoms with Gasteiger partial charge in [-0.15, -0.1) is 11.3 Å². The molecule has 0 spiro atoms. The van der Waals surface area contributed by atoms with Gasteiger partial charge in [-0.05, 0) is 50.7 Å². The van der Waals surface area contributed by atoms with Gasteiger partial charge in [-0.25, -0.2) is 4.39 Å². The average molecular weight is 591 g/mol. The molecule has 0 aliphatic heterocycles. The van der Waals surface area contributed by atoms with Gasteiger partial charge in [0.15, 0.2) is 5.82 Å². The van der Waals surface area contributed by atoms with Gasteiger partial charge in [-0.3, -0.25) is 0 Å². The molecule has 0 atom stereocenters. The van der Waals surface area contributed by atoms with Crippen molar-refractivity contribution in [2.45, 2.75) is 105 Å². The molecule has 0 saturated carbocycles. The van der Waals surface area contributed by atoms with Gasteiger partial charge in [0, 0.05) is 21.8 Å². The highest BCUT2D eigenvalue weighted by Crippen LogP contribution is 2.27. The van der Waals surface area contributed by atoms with Gasteiger partial charge in [0.2, 0.25) is 0 Å². The molecule has 3 heterocycles. The summed E-state index contributed by atoms with van der Waals surface area (Å²) in [5.41, 5.74) is 2.04. The molecule has 0 radical (unpaired) electrons. The molecule has 0 N–H and O–H groups in total. The Balaban J connectivity index is 0.000000200. The molecule has 0 bridgehead atoms. The van der Waals surface area contributed by atoms with E-state index in [4.69, 9.17) is 8.83 Å². The highest BCUT2D eigenvalue weighted by Gasteiger charge is 2.18. The average Bonchev–Trinajstić information content (AvgIpc) is 3.66. The first-order valence-corrected chi connectivity index (χ1v) is 15.5. The molecule has 0 aliphatic carbocycles. The van der Waals surface area contributed by atoms with Gasteiger partial charge in [0.05, 0.1) is 6.26 Å². The Morgan fingerprint density at radius 3 is 1.52 bits per heavy atom. The van der Waals surface area contributed by atoms with Crippen LogP contribution >= 0.6 is 11.3 Å². The van der Waals surface area contributed by atoms with Crippen LogP contribution in [0.15, 0.2) is 99.5 Å². The Morgan fingerprint density at radius 2 is 1.17 bits per heavy atom. The number of thiophene rings is 1. The Hall–Kier alpha value is -3.11. The predicted octanol–water partition coefficient (Wildman–Crippen LogP) is 12.5. The number of benzene rings is 2. The second kappa shape index (κ2) is 14.4. The Bertz CT molecular complexity index is 1400. The minimum atomic E-state index is -0.301. The first-order chi connectivity index (χ1) is 19.3. The van der Waals surface area contributed by atoms with E-state index >= 15 is 0 Å². The van der Waals surface area contributed by atoms with E-state index in [0.29, 0.717) is 11.2 Å². The molecule has 0 aliphatic rings. The molecule has 0 fully saturated rings. The summed E-state index contributed by atoms with van der Waals surface area (Å²) in [6.45, 7) is 25.8. The van der Waals surface area contributed by atoms with Crippen LogP contribution in [-0.2, 0) is 21.7 Å². The van der Waals surface area contributed by atoms with E-state index in [2.05, 4.69) is 122 Å². The predicted molar refractivity (Wildman–Crippen MR) is 180 cm³/mol. The molecule has 228 valence electrons. The third-order valence-electron chi connectivity index (χ3n) is 6.44. The molecular formula is C38H51FO2S. The summed E-state index contributed by atoms with van der Waals surface area (Å²) in [5, 5.41) is 4.78.